The number of carbonyl (C=O) groups excluding carboxylic acids is 2. The van der Waals surface area contributed by atoms with Crippen LogP contribution in [0.5, 0.6) is 0 Å². The Bertz CT molecular complexity index is 1350. The first-order valence-electron chi connectivity index (χ1n) is 11.5. The van der Waals surface area contributed by atoms with Gasteiger partial charge < -0.3 is 4.74 Å². The average molecular weight is 483 g/mol. The molecule has 0 amide bonds. The second kappa shape index (κ2) is 10.3. The fraction of sp³-hybridized carbons (Fsp3) is 0.133. The van der Waals surface area contributed by atoms with Gasteiger partial charge in [-0.3, -0.25) is 9.59 Å². The van der Waals surface area contributed by atoms with E-state index in [1.807, 2.05) is 42.5 Å². The van der Waals surface area contributed by atoms with Crippen molar-refractivity contribution < 1.29 is 18.7 Å². The molecule has 0 bridgehead atoms. The molecule has 0 fully saturated rings. The van der Waals surface area contributed by atoms with Crippen LogP contribution in [0.3, 0.4) is 0 Å². The fourth-order valence-electron chi connectivity index (χ4n) is 4.58. The number of rotatable bonds is 8. The fourth-order valence-corrected chi connectivity index (χ4v) is 5.67. The molecule has 4 aromatic carbocycles. The van der Waals surface area contributed by atoms with Gasteiger partial charge in [0.2, 0.25) is 0 Å². The van der Waals surface area contributed by atoms with E-state index in [1.54, 1.807) is 18.2 Å². The molecule has 5 heteroatoms. The van der Waals surface area contributed by atoms with Crippen molar-refractivity contribution in [1.82, 2.24) is 0 Å². The van der Waals surface area contributed by atoms with Crippen LogP contribution in [-0.2, 0) is 16.0 Å². The van der Waals surface area contributed by atoms with Crippen molar-refractivity contribution in [3.8, 4) is 11.1 Å². The van der Waals surface area contributed by atoms with Crippen LogP contribution < -0.4 is 0 Å². The summed E-state index contributed by atoms with van der Waals surface area (Å²) in [6.07, 6.45) is 1.08. The molecule has 4 aromatic rings. The van der Waals surface area contributed by atoms with E-state index < -0.39 is 0 Å². The van der Waals surface area contributed by atoms with Crippen molar-refractivity contribution in [1.29, 1.82) is 0 Å². The molecule has 174 valence electrons. The summed E-state index contributed by atoms with van der Waals surface area (Å²) in [5, 5.41) is 0. The van der Waals surface area contributed by atoms with Crippen LogP contribution in [0.25, 0.3) is 11.1 Å². The average Bonchev–Trinajstić information content (AvgIpc) is 3.21. The normalized spacial score (nSPS) is 12.1. The van der Waals surface area contributed by atoms with Gasteiger partial charge in [0.1, 0.15) is 12.4 Å². The number of esters is 1. The van der Waals surface area contributed by atoms with Crippen molar-refractivity contribution >= 4 is 24.0 Å². The number of aldehydes is 1. The number of benzene rings is 4. The SMILES string of the molecule is O=Cc1ccccc1Sc1cccc(F)c1CCC(=O)OCC1c2ccccc2-c2ccccc21. The zero-order valence-electron chi connectivity index (χ0n) is 18.9. The highest BCUT2D eigenvalue weighted by Crippen LogP contribution is 2.44. The molecule has 0 saturated heterocycles. The van der Waals surface area contributed by atoms with Crippen LogP contribution in [0.2, 0.25) is 0 Å². The Labute approximate surface area is 208 Å². The number of ether oxygens (including phenoxy) is 1. The molecule has 0 radical (unpaired) electrons. The van der Waals surface area contributed by atoms with Gasteiger partial charge in [-0.2, -0.15) is 0 Å². The van der Waals surface area contributed by atoms with Crippen LogP contribution >= 0.6 is 11.8 Å². The van der Waals surface area contributed by atoms with E-state index in [2.05, 4.69) is 24.3 Å². The topological polar surface area (TPSA) is 43.4 Å². The zero-order valence-corrected chi connectivity index (χ0v) is 19.8. The number of hydrogen-bond donors (Lipinski definition) is 0. The van der Waals surface area contributed by atoms with Gasteiger partial charge in [0.15, 0.2) is 6.29 Å². The van der Waals surface area contributed by atoms with Crippen molar-refractivity contribution in [2.24, 2.45) is 0 Å². The van der Waals surface area contributed by atoms with E-state index in [0.717, 1.165) is 22.3 Å². The van der Waals surface area contributed by atoms with Gasteiger partial charge in [0.05, 0.1) is 0 Å². The maximum absolute atomic E-state index is 14.7. The minimum Gasteiger partial charge on any atom is -0.465 e. The Morgan fingerprint density at radius 2 is 1.46 bits per heavy atom. The van der Waals surface area contributed by atoms with E-state index in [-0.39, 0.29) is 37.2 Å². The molecule has 1 aliphatic carbocycles. The number of carbonyl (C=O) groups is 2. The summed E-state index contributed by atoms with van der Waals surface area (Å²) >= 11 is 1.33. The summed E-state index contributed by atoms with van der Waals surface area (Å²) in [5.74, 6) is -0.741. The smallest absolute Gasteiger partial charge is 0.306 e. The second-order valence-electron chi connectivity index (χ2n) is 8.38. The van der Waals surface area contributed by atoms with E-state index in [4.69, 9.17) is 4.74 Å². The molecule has 0 N–H and O–H groups in total. The molecular formula is C30H23FO3S. The first-order valence-corrected chi connectivity index (χ1v) is 12.3. The van der Waals surface area contributed by atoms with Crippen molar-refractivity contribution in [3.05, 3.63) is 119 Å². The predicted molar refractivity (Wildman–Crippen MR) is 135 cm³/mol. The first kappa shape index (κ1) is 23.1. The molecule has 1 aliphatic rings. The van der Waals surface area contributed by atoms with E-state index in [9.17, 15) is 14.0 Å². The number of fused-ring (bicyclic) bond motifs is 3. The van der Waals surface area contributed by atoms with Gasteiger partial charge in [0, 0.05) is 33.3 Å². The summed E-state index contributed by atoms with van der Waals surface area (Å²) in [5.41, 5.74) is 5.66. The summed E-state index contributed by atoms with van der Waals surface area (Å²) < 4.78 is 20.4. The van der Waals surface area contributed by atoms with E-state index in [0.29, 0.717) is 16.0 Å². The minimum absolute atomic E-state index is 0.00855. The highest BCUT2D eigenvalue weighted by atomic mass is 32.2. The lowest BCUT2D eigenvalue weighted by atomic mass is 9.98. The summed E-state index contributed by atoms with van der Waals surface area (Å²) in [4.78, 5) is 25.5. The Morgan fingerprint density at radius 3 is 2.17 bits per heavy atom. The highest BCUT2D eigenvalue weighted by molar-refractivity contribution is 7.99. The van der Waals surface area contributed by atoms with Gasteiger partial charge in [-0.1, -0.05) is 84.6 Å². The lowest BCUT2D eigenvalue weighted by molar-refractivity contribution is -0.143. The molecular weight excluding hydrogens is 459 g/mol. The third-order valence-corrected chi connectivity index (χ3v) is 7.49. The summed E-state index contributed by atoms with van der Waals surface area (Å²) in [6.45, 7) is 0.248. The molecule has 35 heavy (non-hydrogen) atoms. The van der Waals surface area contributed by atoms with Crippen molar-refractivity contribution in [3.63, 3.8) is 0 Å². The zero-order chi connectivity index (χ0) is 24.2. The molecule has 5 rings (SSSR count). The van der Waals surface area contributed by atoms with Gasteiger partial charge in [0.25, 0.3) is 0 Å². The minimum atomic E-state index is -0.370. The molecule has 0 aromatic heterocycles. The quantitative estimate of drug-likeness (QED) is 0.199. The molecule has 3 nitrogen and oxygen atoms in total. The molecule has 0 saturated carbocycles. The third kappa shape index (κ3) is 4.77. The van der Waals surface area contributed by atoms with Gasteiger partial charge >= 0.3 is 5.97 Å². The van der Waals surface area contributed by atoms with Crippen LogP contribution in [0.15, 0.2) is 101 Å². The summed E-state index contributed by atoms with van der Waals surface area (Å²) in [6, 6.07) is 28.4. The van der Waals surface area contributed by atoms with Crippen LogP contribution in [-0.4, -0.2) is 18.9 Å². The molecule has 0 spiro atoms. The lowest BCUT2D eigenvalue weighted by Gasteiger charge is -2.15. The highest BCUT2D eigenvalue weighted by Gasteiger charge is 2.29. The molecule has 0 heterocycles. The Balaban J connectivity index is 1.27. The van der Waals surface area contributed by atoms with E-state index in [1.165, 1.54) is 29.0 Å². The monoisotopic (exact) mass is 482 g/mol. The summed E-state index contributed by atoms with van der Waals surface area (Å²) in [7, 11) is 0. The number of halogens is 1. The number of hydrogen-bond acceptors (Lipinski definition) is 4. The Kier molecular flexibility index (Phi) is 6.77. The Morgan fingerprint density at radius 1 is 0.829 bits per heavy atom. The molecule has 0 unspecified atom stereocenters. The molecule has 0 aliphatic heterocycles. The third-order valence-electron chi connectivity index (χ3n) is 6.29. The van der Waals surface area contributed by atoms with Gasteiger partial charge in [-0.05, 0) is 46.9 Å². The van der Waals surface area contributed by atoms with Crippen molar-refractivity contribution in [2.45, 2.75) is 28.6 Å². The van der Waals surface area contributed by atoms with Gasteiger partial charge in [-0.25, -0.2) is 4.39 Å². The van der Waals surface area contributed by atoms with E-state index >= 15 is 0 Å². The van der Waals surface area contributed by atoms with Crippen LogP contribution in [0.4, 0.5) is 4.39 Å². The first-order chi connectivity index (χ1) is 17.2. The standard InChI is InChI=1S/C30H23FO3S/c31-27-13-7-15-29(35-28-14-6-1-8-20(28)18-32)25(27)16-17-30(33)34-19-26-23-11-4-2-9-21(23)22-10-3-5-12-24(22)26/h1-15,18,26H,16-17,19H2. The van der Waals surface area contributed by atoms with Gasteiger partial charge in [-0.15, -0.1) is 0 Å². The maximum Gasteiger partial charge on any atom is 0.306 e. The predicted octanol–water partition coefficient (Wildman–Crippen LogP) is 7.08. The second-order valence-corrected chi connectivity index (χ2v) is 9.47. The lowest BCUT2D eigenvalue weighted by Crippen LogP contribution is -2.13. The van der Waals surface area contributed by atoms with Crippen molar-refractivity contribution in [2.75, 3.05) is 6.61 Å². The van der Waals surface area contributed by atoms with Crippen LogP contribution in [0.1, 0.15) is 39.4 Å². The Hall–Kier alpha value is -3.70. The largest absolute Gasteiger partial charge is 0.465 e. The maximum atomic E-state index is 14.7. The molecule has 0 atom stereocenters. The van der Waals surface area contributed by atoms with Crippen LogP contribution in [0, 0.1) is 5.82 Å².